The molecule has 5 nitrogen and oxygen atoms in total. The van der Waals surface area contributed by atoms with Gasteiger partial charge in [0, 0.05) is 16.3 Å². The smallest absolute Gasteiger partial charge is 0.266 e. The van der Waals surface area contributed by atoms with Crippen LogP contribution in [0.4, 0.5) is 5.69 Å². The molecule has 2 rings (SSSR count). The standard InChI is InChI=1S/C18H14BrClN2O3/c1-24-15-5-3-14(4-6-15)22-18(23)12(10-21)7-11-8-13(20)9-16(19)17(11)25-2/h3-9H,1-2H3,(H,22,23)/b12-7+. The highest BCUT2D eigenvalue weighted by atomic mass is 79.9. The first-order valence-electron chi connectivity index (χ1n) is 7.08. The van der Waals surface area contributed by atoms with Gasteiger partial charge in [0.25, 0.3) is 5.91 Å². The van der Waals surface area contributed by atoms with E-state index in [0.29, 0.717) is 32.2 Å². The number of ether oxygens (including phenoxy) is 2. The van der Waals surface area contributed by atoms with E-state index in [2.05, 4.69) is 21.2 Å². The molecule has 0 aromatic heterocycles. The molecule has 0 saturated heterocycles. The summed E-state index contributed by atoms with van der Waals surface area (Å²) in [5, 5.41) is 12.4. The van der Waals surface area contributed by atoms with Gasteiger partial charge in [-0.3, -0.25) is 4.79 Å². The van der Waals surface area contributed by atoms with E-state index in [-0.39, 0.29) is 5.57 Å². The highest BCUT2D eigenvalue weighted by Crippen LogP contribution is 2.34. The van der Waals surface area contributed by atoms with E-state index in [0.717, 1.165) is 0 Å². The van der Waals surface area contributed by atoms with Gasteiger partial charge in [-0.25, -0.2) is 0 Å². The minimum atomic E-state index is -0.536. The first-order valence-corrected chi connectivity index (χ1v) is 8.25. The first-order chi connectivity index (χ1) is 12.0. The summed E-state index contributed by atoms with van der Waals surface area (Å²) < 4.78 is 11.0. The summed E-state index contributed by atoms with van der Waals surface area (Å²) in [7, 11) is 3.05. The third-order valence-corrected chi connectivity index (χ3v) is 4.06. The molecule has 128 valence electrons. The second-order valence-electron chi connectivity index (χ2n) is 4.86. The Kier molecular flexibility index (Phi) is 6.45. The SMILES string of the molecule is COc1ccc(NC(=O)/C(C#N)=C/c2cc(Cl)cc(Br)c2OC)cc1. The van der Waals surface area contributed by atoms with Crippen LogP contribution in [-0.2, 0) is 4.79 Å². The zero-order chi connectivity index (χ0) is 18.4. The summed E-state index contributed by atoms with van der Waals surface area (Å²) in [5.74, 6) is 0.614. The Hall–Kier alpha value is -2.49. The fraction of sp³-hybridized carbons (Fsp3) is 0.111. The second kappa shape index (κ2) is 8.56. The normalized spacial score (nSPS) is 10.8. The fourth-order valence-corrected chi connectivity index (χ4v) is 3.08. The van der Waals surface area contributed by atoms with E-state index in [4.69, 9.17) is 21.1 Å². The Morgan fingerprint density at radius 2 is 1.92 bits per heavy atom. The molecule has 0 bridgehead atoms. The van der Waals surface area contributed by atoms with Crippen LogP contribution in [0, 0.1) is 11.3 Å². The van der Waals surface area contributed by atoms with E-state index < -0.39 is 5.91 Å². The minimum Gasteiger partial charge on any atom is -0.497 e. The number of carbonyl (C=O) groups excluding carboxylic acids is 1. The lowest BCUT2D eigenvalue weighted by Gasteiger charge is -2.09. The highest BCUT2D eigenvalue weighted by molar-refractivity contribution is 9.10. The Morgan fingerprint density at radius 1 is 1.24 bits per heavy atom. The molecular weight excluding hydrogens is 408 g/mol. The number of halogens is 2. The van der Waals surface area contributed by atoms with Crippen molar-refractivity contribution in [3.05, 3.63) is 57.0 Å². The maximum atomic E-state index is 12.4. The first kappa shape index (κ1) is 18.8. The summed E-state index contributed by atoms with van der Waals surface area (Å²) in [6.45, 7) is 0. The third kappa shape index (κ3) is 4.75. The van der Waals surface area contributed by atoms with Gasteiger partial charge < -0.3 is 14.8 Å². The fourth-order valence-electron chi connectivity index (χ4n) is 2.08. The van der Waals surface area contributed by atoms with Crippen molar-refractivity contribution < 1.29 is 14.3 Å². The summed E-state index contributed by atoms with van der Waals surface area (Å²) >= 11 is 9.37. The molecule has 0 aliphatic carbocycles. The summed E-state index contributed by atoms with van der Waals surface area (Å²) in [6.07, 6.45) is 1.42. The van der Waals surface area contributed by atoms with Crippen LogP contribution in [0.2, 0.25) is 5.02 Å². The number of methoxy groups -OCH3 is 2. The molecule has 2 aromatic carbocycles. The van der Waals surface area contributed by atoms with Crippen LogP contribution in [0.15, 0.2) is 46.4 Å². The number of nitrogens with one attached hydrogen (secondary N) is 1. The van der Waals surface area contributed by atoms with Gasteiger partial charge in [0.1, 0.15) is 23.1 Å². The Morgan fingerprint density at radius 3 is 2.48 bits per heavy atom. The van der Waals surface area contributed by atoms with Gasteiger partial charge in [0.15, 0.2) is 0 Å². The molecule has 0 fully saturated rings. The molecule has 0 aliphatic heterocycles. The van der Waals surface area contributed by atoms with E-state index >= 15 is 0 Å². The summed E-state index contributed by atoms with van der Waals surface area (Å²) in [5.41, 5.74) is 0.984. The lowest BCUT2D eigenvalue weighted by molar-refractivity contribution is -0.112. The van der Waals surface area contributed by atoms with Crippen molar-refractivity contribution in [3.8, 4) is 17.6 Å². The van der Waals surface area contributed by atoms with Crippen molar-refractivity contribution in [2.45, 2.75) is 0 Å². The van der Waals surface area contributed by atoms with Crippen molar-refractivity contribution in [1.82, 2.24) is 0 Å². The molecule has 0 aliphatic rings. The lowest BCUT2D eigenvalue weighted by Crippen LogP contribution is -2.13. The molecule has 1 amide bonds. The van der Waals surface area contributed by atoms with Crippen molar-refractivity contribution >= 4 is 45.2 Å². The van der Waals surface area contributed by atoms with Crippen LogP contribution in [0.5, 0.6) is 11.5 Å². The van der Waals surface area contributed by atoms with Crippen molar-refractivity contribution in [1.29, 1.82) is 5.26 Å². The molecule has 7 heteroatoms. The van der Waals surface area contributed by atoms with Gasteiger partial charge in [-0.05, 0) is 58.4 Å². The van der Waals surface area contributed by atoms with Crippen LogP contribution in [0.3, 0.4) is 0 Å². The Balaban J connectivity index is 2.31. The number of nitrogens with zero attached hydrogens (tertiary/aromatic N) is 1. The molecule has 0 radical (unpaired) electrons. The monoisotopic (exact) mass is 420 g/mol. The molecule has 0 saturated carbocycles. The van der Waals surface area contributed by atoms with Crippen LogP contribution < -0.4 is 14.8 Å². The zero-order valence-electron chi connectivity index (χ0n) is 13.5. The average molecular weight is 422 g/mol. The molecule has 2 aromatic rings. The van der Waals surface area contributed by atoms with E-state index in [1.807, 2.05) is 6.07 Å². The predicted molar refractivity (Wildman–Crippen MR) is 101 cm³/mol. The molecule has 1 N–H and O–H groups in total. The van der Waals surface area contributed by atoms with Gasteiger partial charge in [0.05, 0.1) is 18.7 Å². The number of benzene rings is 2. The number of nitriles is 1. The predicted octanol–water partition coefficient (Wildman–Crippen LogP) is 4.67. The highest BCUT2D eigenvalue weighted by Gasteiger charge is 2.13. The number of amides is 1. The van der Waals surface area contributed by atoms with Gasteiger partial charge in [-0.2, -0.15) is 5.26 Å². The van der Waals surface area contributed by atoms with E-state index in [1.54, 1.807) is 43.5 Å². The molecule has 0 unspecified atom stereocenters. The molecule has 25 heavy (non-hydrogen) atoms. The van der Waals surface area contributed by atoms with Crippen LogP contribution in [0.25, 0.3) is 6.08 Å². The van der Waals surface area contributed by atoms with Crippen LogP contribution >= 0.6 is 27.5 Å². The maximum Gasteiger partial charge on any atom is 0.266 e. The number of rotatable bonds is 5. The van der Waals surface area contributed by atoms with Crippen LogP contribution in [-0.4, -0.2) is 20.1 Å². The number of hydrogen-bond donors (Lipinski definition) is 1. The number of carbonyl (C=O) groups is 1. The van der Waals surface area contributed by atoms with Crippen LogP contribution in [0.1, 0.15) is 5.56 Å². The molecule has 0 heterocycles. The number of hydrogen-bond acceptors (Lipinski definition) is 4. The van der Waals surface area contributed by atoms with Crippen molar-refractivity contribution in [3.63, 3.8) is 0 Å². The topological polar surface area (TPSA) is 71.3 Å². The summed E-state index contributed by atoms with van der Waals surface area (Å²) in [4.78, 5) is 12.4. The van der Waals surface area contributed by atoms with E-state index in [9.17, 15) is 10.1 Å². The van der Waals surface area contributed by atoms with Crippen molar-refractivity contribution in [2.24, 2.45) is 0 Å². The maximum absolute atomic E-state index is 12.4. The Labute approximate surface area is 158 Å². The Bertz CT molecular complexity index is 858. The van der Waals surface area contributed by atoms with Gasteiger partial charge in [0.2, 0.25) is 0 Å². The van der Waals surface area contributed by atoms with Gasteiger partial charge >= 0.3 is 0 Å². The lowest BCUT2D eigenvalue weighted by atomic mass is 10.1. The average Bonchev–Trinajstić information content (AvgIpc) is 2.59. The van der Waals surface area contributed by atoms with E-state index in [1.165, 1.54) is 13.2 Å². The largest absolute Gasteiger partial charge is 0.497 e. The quantitative estimate of drug-likeness (QED) is 0.563. The van der Waals surface area contributed by atoms with Crippen molar-refractivity contribution in [2.75, 3.05) is 19.5 Å². The third-order valence-electron chi connectivity index (χ3n) is 3.25. The van der Waals surface area contributed by atoms with Gasteiger partial charge in [-0.15, -0.1) is 0 Å². The molecule has 0 atom stereocenters. The molecule has 0 spiro atoms. The number of anilines is 1. The summed E-state index contributed by atoms with van der Waals surface area (Å²) in [6, 6.07) is 12.0. The minimum absolute atomic E-state index is 0.0803. The second-order valence-corrected chi connectivity index (χ2v) is 6.15. The van der Waals surface area contributed by atoms with Gasteiger partial charge in [-0.1, -0.05) is 11.6 Å². The zero-order valence-corrected chi connectivity index (χ0v) is 15.8. The molecular formula is C18H14BrClN2O3.